The van der Waals surface area contributed by atoms with Crippen molar-refractivity contribution in [3.63, 3.8) is 0 Å². The van der Waals surface area contributed by atoms with Crippen molar-refractivity contribution in [1.29, 1.82) is 0 Å². The lowest BCUT2D eigenvalue weighted by atomic mass is 9.91. The molecule has 1 N–H and O–H groups in total. The Morgan fingerprint density at radius 3 is 2.65 bits per heavy atom. The number of carbonyl (C=O) groups is 1. The van der Waals surface area contributed by atoms with E-state index < -0.39 is 5.97 Å². The molecule has 1 aliphatic rings. The van der Waals surface area contributed by atoms with Gasteiger partial charge in [-0.1, -0.05) is 13.8 Å². The van der Waals surface area contributed by atoms with E-state index in [1.165, 1.54) is 6.42 Å². The van der Waals surface area contributed by atoms with E-state index in [2.05, 4.69) is 23.7 Å². The van der Waals surface area contributed by atoms with Gasteiger partial charge in [0.25, 0.3) is 0 Å². The molecule has 0 aliphatic carbocycles. The summed E-state index contributed by atoms with van der Waals surface area (Å²) in [5.74, 6) is 0.877. The molecule has 0 bridgehead atoms. The predicted octanol–water partition coefficient (Wildman–Crippen LogP) is 2.26. The van der Waals surface area contributed by atoms with Crippen LogP contribution in [0.4, 0.5) is 5.82 Å². The number of carboxylic acids is 1. The predicted molar refractivity (Wildman–Crippen MR) is 66.4 cm³/mol. The summed E-state index contributed by atoms with van der Waals surface area (Å²) in [6, 6.07) is 3.29. The number of piperidine rings is 1. The van der Waals surface area contributed by atoms with Crippen LogP contribution < -0.4 is 4.90 Å². The van der Waals surface area contributed by atoms with Crippen LogP contribution in [0.2, 0.25) is 0 Å². The molecule has 0 radical (unpaired) electrons. The topological polar surface area (TPSA) is 53.4 Å². The first kappa shape index (κ1) is 11.9. The molecule has 1 aromatic heterocycles. The Hall–Kier alpha value is -1.58. The molecule has 0 saturated carbocycles. The molecule has 2 rings (SSSR count). The lowest BCUT2D eigenvalue weighted by molar-refractivity contribution is 0.0697. The van der Waals surface area contributed by atoms with Gasteiger partial charge in [0.2, 0.25) is 0 Å². The molecular weight excluding hydrogens is 216 g/mol. The SMILES string of the molecule is CC1CC(C)CN(c2ncccc2C(=O)O)C1. The third-order valence-electron chi connectivity index (χ3n) is 3.19. The van der Waals surface area contributed by atoms with Gasteiger partial charge in [-0.25, -0.2) is 9.78 Å². The van der Waals surface area contributed by atoms with Crippen LogP contribution in [0.1, 0.15) is 30.6 Å². The van der Waals surface area contributed by atoms with E-state index in [1.54, 1.807) is 18.3 Å². The minimum absolute atomic E-state index is 0.300. The van der Waals surface area contributed by atoms with Gasteiger partial charge in [-0.15, -0.1) is 0 Å². The summed E-state index contributed by atoms with van der Waals surface area (Å²) in [6.45, 7) is 6.18. The second-order valence-electron chi connectivity index (χ2n) is 5.03. The summed E-state index contributed by atoms with van der Waals surface area (Å²) in [6.07, 6.45) is 2.86. The summed E-state index contributed by atoms with van der Waals surface area (Å²) in [5, 5.41) is 9.16. The zero-order chi connectivity index (χ0) is 12.4. The monoisotopic (exact) mass is 234 g/mol. The third kappa shape index (κ3) is 2.57. The minimum Gasteiger partial charge on any atom is -0.478 e. The van der Waals surface area contributed by atoms with E-state index in [9.17, 15) is 4.79 Å². The van der Waals surface area contributed by atoms with Crippen LogP contribution in [0.3, 0.4) is 0 Å². The molecule has 2 heterocycles. The molecule has 2 unspecified atom stereocenters. The standard InChI is InChI=1S/C13H18N2O2/c1-9-6-10(2)8-15(7-9)12-11(13(16)17)4-3-5-14-12/h3-5,9-10H,6-8H2,1-2H3,(H,16,17). The van der Waals surface area contributed by atoms with Crippen LogP contribution in [-0.2, 0) is 0 Å². The van der Waals surface area contributed by atoms with Crippen LogP contribution in [0.25, 0.3) is 0 Å². The number of nitrogens with zero attached hydrogens (tertiary/aromatic N) is 2. The fourth-order valence-electron chi connectivity index (χ4n) is 2.65. The van der Waals surface area contributed by atoms with Crippen LogP contribution in [-0.4, -0.2) is 29.1 Å². The molecule has 17 heavy (non-hydrogen) atoms. The lowest BCUT2D eigenvalue weighted by Gasteiger charge is -2.36. The van der Waals surface area contributed by atoms with Gasteiger partial charge in [-0.05, 0) is 30.4 Å². The average molecular weight is 234 g/mol. The van der Waals surface area contributed by atoms with Crippen LogP contribution in [0, 0.1) is 11.8 Å². The minimum atomic E-state index is -0.904. The number of hydrogen-bond acceptors (Lipinski definition) is 3. The number of anilines is 1. The Morgan fingerprint density at radius 1 is 1.41 bits per heavy atom. The first-order valence-corrected chi connectivity index (χ1v) is 6.01. The number of hydrogen-bond donors (Lipinski definition) is 1. The molecule has 0 aromatic carbocycles. The number of rotatable bonds is 2. The third-order valence-corrected chi connectivity index (χ3v) is 3.19. The van der Waals surface area contributed by atoms with Gasteiger partial charge in [-0.3, -0.25) is 0 Å². The zero-order valence-electron chi connectivity index (χ0n) is 10.3. The smallest absolute Gasteiger partial charge is 0.339 e. The quantitative estimate of drug-likeness (QED) is 0.852. The van der Waals surface area contributed by atoms with Crippen molar-refractivity contribution in [2.45, 2.75) is 20.3 Å². The highest BCUT2D eigenvalue weighted by atomic mass is 16.4. The van der Waals surface area contributed by atoms with E-state index in [1.807, 2.05) is 0 Å². The Labute approximate surface area is 101 Å². The summed E-state index contributed by atoms with van der Waals surface area (Å²) >= 11 is 0. The molecule has 1 aromatic rings. The first-order valence-electron chi connectivity index (χ1n) is 6.01. The highest BCUT2D eigenvalue weighted by molar-refractivity contribution is 5.93. The molecule has 4 nitrogen and oxygen atoms in total. The molecule has 4 heteroatoms. The molecule has 0 amide bonds. The van der Waals surface area contributed by atoms with Gasteiger partial charge in [0.05, 0.1) is 0 Å². The number of pyridine rings is 1. The van der Waals surface area contributed by atoms with Gasteiger partial charge >= 0.3 is 5.97 Å². The highest BCUT2D eigenvalue weighted by Crippen LogP contribution is 2.26. The van der Waals surface area contributed by atoms with E-state index >= 15 is 0 Å². The van der Waals surface area contributed by atoms with E-state index in [-0.39, 0.29) is 0 Å². The maximum absolute atomic E-state index is 11.2. The van der Waals surface area contributed by atoms with Crippen molar-refractivity contribution < 1.29 is 9.90 Å². The summed E-state index contributed by atoms with van der Waals surface area (Å²) in [7, 11) is 0. The van der Waals surface area contributed by atoms with E-state index in [4.69, 9.17) is 5.11 Å². The molecule has 1 aliphatic heterocycles. The van der Waals surface area contributed by atoms with Crippen molar-refractivity contribution in [3.8, 4) is 0 Å². The average Bonchev–Trinajstić information content (AvgIpc) is 2.27. The van der Waals surface area contributed by atoms with Crippen LogP contribution in [0.5, 0.6) is 0 Å². The van der Waals surface area contributed by atoms with Gasteiger partial charge in [0.1, 0.15) is 11.4 Å². The summed E-state index contributed by atoms with van der Waals surface area (Å²) < 4.78 is 0. The van der Waals surface area contributed by atoms with Crippen LogP contribution in [0.15, 0.2) is 18.3 Å². The number of aromatic nitrogens is 1. The Kier molecular flexibility index (Phi) is 3.31. The van der Waals surface area contributed by atoms with Gasteiger partial charge < -0.3 is 10.0 Å². The van der Waals surface area contributed by atoms with Crippen molar-refractivity contribution in [2.24, 2.45) is 11.8 Å². The normalized spacial score (nSPS) is 24.7. The van der Waals surface area contributed by atoms with Crippen LogP contribution >= 0.6 is 0 Å². The molecule has 92 valence electrons. The van der Waals surface area contributed by atoms with Crippen molar-refractivity contribution in [1.82, 2.24) is 4.98 Å². The largest absolute Gasteiger partial charge is 0.478 e. The Bertz CT molecular complexity index is 410. The number of aromatic carboxylic acids is 1. The fourth-order valence-corrected chi connectivity index (χ4v) is 2.65. The summed E-state index contributed by atoms with van der Waals surface area (Å²) in [4.78, 5) is 17.5. The molecule has 1 fully saturated rings. The molecule has 1 saturated heterocycles. The molecular formula is C13H18N2O2. The van der Waals surface area contributed by atoms with Crippen molar-refractivity contribution >= 4 is 11.8 Å². The maximum atomic E-state index is 11.2. The van der Waals surface area contributed by atoms with Gasteiger partial charge in [-0.2, -0.15) is 0 Å². The van der Waals surface area contributed by atoms with Crippen molar-refractivity contribution in [2.75, 3.05) is 18.0 Å². The first-order chi connectivity index (χ1) is 8.08. The van der Waals surface area contributed by atoms with E-state index in [0.29, 0.717) is 23.2 Å². The molecule has 0 spiro atoms. The number of carboxylic acid groups (broad SMARTS) is 1. The van der Waals surface area contributed by atoms with Gasteiger partial charge in [0, 0.05) is 19.3 Å². The second-order valence-corrected chi connectivity index (χ2v) is 5.03. The fraction of sp³-hybridized carbons (Fsp3) is 0.538. The zero-order valence-corrected chi connectivity index (χ0v) is 10.3. The van der Waals surface area contributed by atoms with Crippen molar-refractivity contribution in [3.05, 3.63) is 23.9 Å². The maximum Gasteiger partial charge on any atom is 0.339 e. The van der Waals surface area contributed by atoms with E-state index in [0.717, 1.165) is 13.1 Å². The Balaban J connectivity index is 2.30. The van der Waals surface area contributed by atoms with Gasteiger partial charge in [0.15, 0.2) is 0 Å². The Morgan fingerprint density at radius 2 is 2.06 bits per heavy atom. The lowest BCUT2D eigenvalue weighted by Crippen LogP contribution is -2.40. The highest BCUT2D eigenvalue weighted by Gasteiger charge is 2.25. The second kappa shape index (κ2) is 4.73. The summed E-state index contributed by atoms with van der Waals surface area (Å²) in [5.41, 5.74) is 0.300. The molecule has 2 atom stereocenters.